The van der Waals surface area contributed by atoms with E-state index in [1.807, 2.05) is 13.8 Å². The highest BCUT2D eigenvalue weighted by Gasteiger charge is 2.43. The largest absolute Gasteiger partial charge is 0.388 e. The Hall–Kier alpha value is -1.40. The Kier molecular flexibility index (Phi) is 3.41. The van der Waals surface area contributed by atoms with Crippen molar-refractivity contribution < 1.29 is 9.50 Å². The van der Waals surface area contributed by atoms with Crippen LogP contribution in [-0.2, 0) is 6.42 Å². The summed E-state index contributed by atoms with van der Waals surface area (Å²) in [5.41, 5.74) is 0.986. The molecule has 0 saturated carbocycles. The topological polar surface area (TPSA) is 44.0 Å². The first-order valence-corrected chi connectivity index (χ1v) is 6.35. The van der Waals surface area contributed by atoms with Crippen molar-refractivity contribution in [3.05, 3.63) is 35.1 Å². The van der Waals surface area contributed by atoms with E-state index in [4.69, 9.17) is 5.26 Å². The van der Waals surface area contributed by atoms with Crippen LogP contribution in [-0.4, -0.2) is 10.7 Å². The van der Waals surface area contributed by atoms with Crippen molar-refractivity contribution >= 4 is 0 Å². The van der Waals surface area contributed by atoms with E-state index in [1.165, 1.54) is 6.07 Å². The van der Waals surface area contributed by atoms with Crippen LogP contribution in [0.4, 0.5) is 4.39 Å². The molecule has 18 heavy (non-hydrogen) atoms. The summed E-state index contributed by atoms with van der Waals surface area (Å²) in [6.45, 7) is 4.07. The van der Waals surface area contributed by atoms with Crippen molar-refractivity contribution in [2.24, 2.45) is 5.92 Å². The van der Waals surface area contributed by atoms with Gasteiger partial charge in [0.25, 0.3) is 0 Å². The molecule has 0 amide bonds. The fraction of sp³-hybridized carbons (Fsp3) is 0.533. The highest BCUT2D eigenvalue weighted by atomic mass is 19.1. The van der Waals surface area contributed by atoms with Crippen molar-refractivity contribution in [3.63, 3.8) is 0 Å². The number of fused-ring (bicyclic) bond motifs is 1. The molecule has 0 unspecified atom stereocenters. The zero-order valence-corrected chi connectivity index (χ0v) is 10.8. The summed E-state index contributed by atoms with van der Waals surface area (Å²) in [7, 11) is 0. The zero-order valence-electron chi connectivity index (χ0n) is 10.8. The fourth-order valence-electron chi connectivity index (χ4n) is 3.21. The molecule has 0 fully saturated rings. The van der Waals surface area contributed by atoms with Gasteiger partial charge in [-0.3, -0.25) is 0 Å². The lowest BCUT2D eigenvalue weighted by molar-refractivity contribution is -0.0130. The van der Waals surface area contributed by atoms with E-state index in [0.717, 1.165) is 11.1 Å². The molecule has 1 aromatic carbocycles. The lowest BCUT2D eigenvalue weighted by Crippen LogP contribution is -2.42. The van der Waals surface area contributed by atoms with Gasteiger partial charge in [-0.1, -0.05) is 19.9 Å². The molecule has 0 spiro atoms. The van der Waals surface area contributed by atoms with Crippen LogP contribution in [0.2, 0.25) is 0 Å². The second-order valence-electron chi connectivity index (χ2n) is 5.50. The molecule has 0 heterocycles. The molecule has 1 aliphatic rings. The molecule has 0 radical (unpaired) electrons. The summed E-state index contributed by atoms with van der Waals surface area (Å²) in [6, 6.07) is 6.83. The smallest absolute Gasteiger partial charge is 0.123 e. The van der Waals surface area contributed by atoms with E-state index < -0.39 is 5.60 Å². The minimum absolute atomic E-state index is 0.0958. The third kappa shape index (κ3) is 2.13. The number of nitriles is 1. The molecule has 2 atom stereocenters. The van der Waals surface area contributed by atoms with Crippen LogP contribution in [0.25, 0.3) is 0 Å². The fourth-order valence-corrected chi connectivity index (χ4v) is 3.21. The molecule has 0 bridgehead atoms. The predicted molar refractivity (Wildman–Crippen MR) is 67.5 cm³/mol. The van der Waals surface area contributed by atoms with E-state index in [-0.39, 0.29) is 24.1 Å². The SMILES string of the molecule is CC(C)[C@@H]1c2ccc(F)cc2CC[C@@]1(O)CC#N. The number of rotatable bonds is 2. The Morgan fingerprint density at radius 2 is 2.28 bits per heavy atom. The molecular formula is C15H18FNO. The summed E-state index contributed by atoms with van der Waals surface area (Å²) in [5, 5.41) is 19.6. The average molecular weight is 247 g/mol. The Morgan fingerprint density at radius 3 is 2.89 bits per heavy atom. The highest BCUT2D eigenvalue weighted by molar-refractivity contribution is 5.37. The summed E-state index contributed by atoms with van der Waals surface area (Å²) in [6.07, 6.45) is 1.29. The monoisotopic (exact) mass is 247 g/mol. The predicted octanol–water partition coefficient (Wildman–Crippen LogP) is 3.16. The lowest BCUT2D eigenvalue weighted by Gasteiger charge is -2.42. The van der Waals surface area contributed by atoms with Gasteiger partial charge in [0.05, 0.1) is 18.1 Å². The summed E-state index contributed by atoms with van der Waals surface area (Å²) < 4.78 is 13.2. The third-order valence-electron chi connectivity index (χ3n) is 3.90. The highest BCUT2D eigenvalue weighted by Crippen LogP contribution is 2.45. The van der Waals surface area contributed by atoms with Crippen LogP contribution in [0.5, 0.6) is 0 Å². The van der Waals surface area contributed by atoms with Gasteiger partial charge in [-0.25, -0.2) is 4.39 Å². The number of nitrogens with zero attached hydrogens (tertiary/aromatic N) is 1. The van der Waals surface area contributed by atoms with Gasteiger partial charge in [-0.15, -0.1) is 0 Å². The van der Waals surface area contributed by atoms with E-state index >= 15 is 0 Å². The number of halogens is 1. The first-order chi connectivity index (χ1) is 8.48. The molecule has 0 saturated heterocycles. The molecule has 96 valence electrons. The third-order valence-corrected chi connectivity index (χ3v) is 3.90. The van der Waals surface area contributed by atoms with Crippen LogP contribution in [0, 0.1) is 23.1 Å². The first kappa shape index (κ1) is 13.0. The van der Waals surface area contributed by atoms with E-state index in [0.29, 0.717) is 12.8 Å². The molecule has 1 N–H and O–H groups in total. The van der Waals surface area contributed by atoms with Gasteiger partial charge in [0.1, 0.15) is 5.82 Å². The normalized spacial score (nSPS) is 26.8. The molecule has 2 rings (SSSR count). The molecule has 1 aromatic rings. The maximum atomic E-state index is 13.2. The van der Waals surface area contributed by atoms with Crippen molar-refractivity contribution in [1.29, 1.82) is 5.26 Å². The Labute approximate surface area is 107 Å². The van der Waals surface area contributed by atoms with Crippen molar-refractivity contribution in [2.45, 2.75) is 44.6 Å². The van der Waals surface area contributed by atoms with Gasteiger partial charge in [-0.2, -0.15) is 5.26 Å². The molecule has 0 aliphatic heterocycles. The van der Waals surface area contributed by atoms with Crippen LogP contribution in [0.3, 0.4) is 0 Å². The van der Waals surface area contributed by atoms with Crippen molar-refractivity contribution in [2.75, 3.05) is 0 Å². The lowest BCUT2D eigenvalue weighted by atomic mass is 9.66. The maximum absolute atomic E-state index is 13.2. The number of hydrogen-bond acceptors (Lipinski definition) is 2. The summed E-state index contributed by atoms with van der Waals surface area (Å²) in [4.78, 5) is 0. The maximum Gasteiger partial charge on any atom is 0.123 e. The van der Waals surface area contributed by atoms with Crippen LogP contribution in [0.1, 0.15) is 43.7 Å². The minimum Gasteiger partial charge on any atom is -0.388 e. The average Bonchev–Trinajstić information content (AvgIpc) is 2.29. The second-order valence-corrected chi connectivity index (χ2v) is 5.50. The molecule has 3 heteroatoms. The van der Waals surface area contributed by atoms with E-state index in [1.54, 1.807) is 12.1 Å². The van der Waals surface area contributed by atoms with E-state index in [9.17, 15) is 9.50 Å². The van der Waals surface area contributed by atoms with Gasteiger partial charge in [0.15, 0.2) is 0 Å². The summed E-state index contributed by atoms with van der Waals surface area (Å²) >= 11 is 0. The quantitative estimate of drug-likeness (QED) is 0.872. The number of aliphatic hydroxyl groups is 1. The Bertz CT molecular complexity index is 492. The molecule has 2 nitrogen and oxygen atoms in total. The van der Waals surface area contributed by atoms with Crippen molar-refractivity contribution in [1.82, 2.24) is 0 Å². The van der Waals surface area contributed by atoms with Gasteiger partial charge in [0, 0.05) is 5.92 Å². The first-order valence-electron chi connectivity index (χ1n) is 6.35. The second kappa shape index (κ2) is 4.70. The molecular weight excluding hydrogens is 229 g/mol. The summed E-state index contributed by atoms with van der Waals surface area (Å²) in [5.74, 6) is -0.114. The zero-order chi connectivity index (χ0) is 13.3. The van der Waals surface area contributed by atoms with E-state index in [2.05, 4.69) is 6.07 Å². The molecule has 0 aromatic heterocycles. The Balaban J connectivity index is 2.49. The van der Waals surface area contributed by atoms with Gasteiger partial charge >= 0.3 is 0 Å². The van der Waals surface area contributed by atoms with Crippen LogP contribution < -0.4 is 0 Å². The minimum atomic E-state index is -0.978. The van der Waals surface area contributed by atoms with Gasteiger partial charge in [-0.05, 0) is 42.0 Å². The number of aryl methyl sites for hydroxylation is 1. The van der Waals surface area contributed by atoms with Gasteiger partial charge < -0.3 is 5.11 Å². The number of hydrogen-bond donors (Lipinski definition) is 1. The Morgan fingerprint density at radius 1 is 1.56 bits per heavy atom. The van der Waals surface area contributed by atoms with Gasteiger partial charge in [0.2, 0.25) is 0 Å². The number of benzene rings is 1. The standard InChI is InChI=1S/C15H18FNO/c1-10(2)14-13-4-3-12(16)9-11(13)5-6-15(14,18)7-8-17/h3-4,9-10,14,18H,5-7H2,1-2H3/t14-,15-/m1/s1. The van der Waals surface area contributed by atoms with Crippen LogP contribution >= 0.6 is 0 Å². The van der Waals surface area contributed by atoms with Crippen LogP contribution in [0.15, 0.2) is 18.2 Å². The molecule has 1 aliphatic carbocycles. The van der Waals surface area contributed by atoms with Crippen molar-refractivity contribution in [3.8, 4) is 6.07 Å².